The summed E-state index contributed by atoms with van der Waals surface area (Å²) < 4.78 is 5.43. The molecule has 1 heterocycles. The second-order valence-electron chi connectivity index (χ2n) is 8.43. The van der Waals surface area contributed by atoms with E-state index in [2.05, 4.69) is 0 Å². The summed E-state index contributed by atoms with van der Waals surface area (Å²) in [6.07, 6.45) is -0.0408. The molecule has 0 aromatic heterocycles. The van der Waals surface area contributed by atoms with E-state index < -0.39 is 11.6 Å². The molecule has 1 saturated heterocycles. The molecule has 2 aromatic carbocycles. The fourth-order valence-electron chi connectivity index (χ4n) is 3.70. The molecule has 3 rings (SSSR count). The number of hydrogen-bond acceptors (Lipinski definition) is 4. The van der Waals surface area contributed by atoms with Crippen molar-refractivity contribution in [3.8, 4) is 5.75 Å². The Bertz CT molecular complexity index is 943. The van der Waals surface area contributed by atoms with Crippen molar-refractivity contribution in [2.75, 3.05) is 11.5 Å². The number of rotatable bonds is 5. The first kappa shape index (κ1) is 21.6. The summed E-state index contributed by atoms with van der Waals surface area (Å²) in [4.78, 5) is 42.1. The smallest absolute Gasteiger partial charge is 0.257 e. The van der Waals surface area contributed by atoms with Crippen molar-refractivity contribution >= 4 is 23.4 Å². The molecule has 1 fully saturated rings. The molecule has 0 spiro atoms. The number of imide groups is 1. The molecule has 3 amide bonds. The van der Waals surface area contributed by atoms with Gasteiger partial charge in [0, 0.05) is 11.1 Å². The summed E-state index contributed by atoms with van der Waals surface area (Å²) in [5.41, 5.74) is 1.38. The Labute approximate surface area is 177 Å². The largest absolute Gasteiger partial charge is 0.494 e. The fourth-order valence-corrected chi connectivity index (χ4v) is 3.70. The van der Waals surface area contributed by atoms with Gasteiger partial charge in [-0.1, -0.05) is 17.7 Å². The molecule has 2 aromatic rings. The number of benzene rings is 2. The minimum Gasteiger partial charge on any atom is -0.494 e. The summed E-state index contributed by atoms with van der Waals surface area (Å²) >= 11 is 0. The second-order valence-corrected chi connectivity index (χ2v) is 8.43. The van der Waals surface area contributed by atoms with Crippen molar-refractivity contribution in [2.24, 2.45) is 0 Å². The first-order valence-electron chi connectivity index (χ1n) is 10.1. The average Bonchev–Trinajstić information content (AvgIpc) is 2.96. The van der Waals surface area contributed by atoms with Crippen LogP contribution in [0.1, 0.15) is 50.0 Å². The van der Waals surface area contributed by atoms with Crippen LogP contribution in [0.2, 0.25) is 0 Å². The highest BCUT2D eigenvalue weighted by atomic mass is 16.5. The maximum Gasteiger partial charge on any atom is 0.257 e. The third-order valence-corrected chi connectivity index (χ3v) is 5.08. The topological polar surface area (TPSA) is 66.9 Å². The Morgan fingerprint density at radius 2 is 1.67 bits per heavy atom. The molecule has 158 valence electrons. The Morgan fingerprint density at radius 1 is 1.07 bits per heavy atom. The Kier molecular flexibility index (Phi) is 5.97. The van der Waals surface area contributed by atoms with Gasteiger partial charge in [-0.2, -0.15) is 0 Å². The second kappa shape index (κ2) is 8.30. The van der Waals surface area contributed by atoms with Gasteiger partial charge < -0.3 is 9.64 Å². The third kappa shape index (κ3) is 4.22. The molecule has 0 aliphatic carbocycles. The zero-order valence-electron chi connectivity index (χ0n) is 18.1. The molecular formula is C24H28N2O4. The SMILES string of the molecule is CCOc1ccc(N2C(=O)CC(N(C(=O)c3ccc(C)cc3)C(C)(C)C)C2=O)cc1. The molecule has 0 radical (unpaired) electrons. The van der Waals surface area contributed by atoms with Crippen LogP contribution in [-0.4, -0.2) is 40.8 Å². The summed E-state index contributed by atoms with van der Waals surface area (Å²) in [7, 11) is 0. The Morgan fingerprint density at radius 3 is 2.20 bits per heavy atom. The van der Waals surface area contributed by atoms with Crippen molar-refractivity contribution in [2.45, 2.75) is 52.6 Å². The van der Waals surface area contributed by atoms with Crippen LogP contribution >= 0.6 is 0 Å². The van der Waals surface area contributed by atoms with Gasteiger partial charge >= 0.3 is 0 Å². The van der Waals surface area contributed by atoms with Crippen LogP contribution < -0.4 is 9.64 Å². The first-order chi connectivity index (χ1) is 14.1. The highest BCUT2D eigenvalue weighted by Crippen LogP contribution is 2.31. The first-order valence-corrected chi connectivity index (χ1v) is 10.1. The van der Waals surface area contributed by atoms with E-state index in [9.17, 15) is 14.4 Å². The molecule has 1 unspecified atom stereocenters. The molecule has 0 bridgehead atoms. The molecule has 1 atom stereocenters. The van der Waals surface area contributed by atoms with Gasteiger partial charge in [0.2, 0.25) is 5.91 Å². The number of hydrogen-bond donors (Lipinski definition) is 0. The molecule has 0 N–H and O–H groups in total. The van der Waals surface area contributed by atoms with Crippen molar-refractivity contribution in [3.05, 3.63) is 59.7 Å². The maximum atomic E-state index is 13.3. The zero-order chi connectivity index (χ0) is 22.1. The molecule has 6 heteroatoms. The van der Waals surface area contributed by atoms with Crippen LogP contribution in [-0.2, 0) is 9.59 Å². The number of nitrogens with zero attached hydrogens (tertiary/aromatic N) is 2. The minimum absolute atomic E-state index is 0.0408. The van der Waals surface area contributed by atoms with Crippen LogP contribution in [0.5, 0.6) is 5.75 Å². The van der Waals surface area contributed by atoms with Crippen molar-refractivity contribution in [3.63, 3.8) is 0 Å². The van der Waals surface area contributed by atoms with Gasteiger partial charge in [0.25, 0.3) is 11.8 Å². The quantitative estimate of drug-likeness (QED) is 0.702. The van der Waals surface area contributed by atoms with E-state index in [0.717, 1.165) is 5.56 Å². The lowest BCUT2D eigenvalue weighted by Gasteiger charge is -2.39. The van der Waals surface area contributed by atoms with Crippen molar-refractivity contribution in [1.29, 1.82) is 0 Å². The summed E-state index contributed by atoms with van der Waals surface area (Å²) in [5.74, 6) is -0.301. The zero-order valence-corrected chi connectivity index (χ0v) is 18.1. The van der Waals surface area contributed by atoms with Gasteiger partial charge in [-0.3, -0.25) is 14.4 Å². The van der Waals surface area contributed by atoms with Crippen LogP contribution in [0, 0.1) is 6.92 Å². The standard InChI is InChI=1S/C24H28N2O4/c1-6-30-19-13-11-18(12-14-19)25-21(27)15-20(23(25)29)26(24(3,4)5)22(28)17-9-7-16(2)8-10-17/h7-14,20H,6,15H2,1-5H3. The van der Waals surface area contributed by atoms with Gasteiger partial charge in [-0.25, -0.2) is 4.90 Å². The number of ether oxygens (including phenoxy) is 1. The van der Waals surface area contributed by atoms with E-state index in [1.807, 2.05) is 46.8 Å². The Hall–Kier alpha value is -3.15. The number of aryl methyl sites for hydroxylation is 1. The lowest BCUT2D eigenvalue weighted by molar-refractivity contribution is -0.123. The molecular weight excluding hydrogens is 380 g/mol. The van der Waals surface area contributed by atoms with Crippen LogP contribution in [0.25, 0.3) is 0 Å². The molecule has 6 nitrogen and oxygen atoms in total. The highest BCUT2D eigenvalue weighted by molar-refractivity contribution is 6.23. The number of carbonyl (C=O) groups excluding carboxylic acids is 3. The molecule has 1 aliphatic heterocycles. The average molecular weight is 408 g/mol. The van der Waals surface area contributed by atoms with Gasteiger partial charge in [0.1, 0.15) is 11.8 Å². The lowest BCUT2D eigenvalue weighted by Crippen LogP contribution is -2.54. The summed E-state index contributed by atoms with van der Waals surface area (Å²) in [6, 6.07) is 13.2. The highest BCUT2D eigenvalue weighted by Gasteiger charge is 2.47. The van der Waals surface area contributed by atoms with Gasteiger partial charge in [0.15, 0.2) is 0 Å². The van der Waals surface area contributed by atoms with E-state index >= 15 is 0 Å². The lowest BCUT2D eigenvalue weighted by atomic mass is 9.99. The predicted molar refractivity (Wildman–Crippen MR) is 116 cm³/mol. The maximum absolute atomic E-state index is 13.3. The van der Waals surface area contributed by atoms with E-state index in [-0.39, 0.29) is 24.1 Å². The third-order valence-electron chi connectivity index (χ3n) is 5.08. The number of anilines is 1. The number of carbonyl (C=O) groups is 3. The van der Waals surface area contributed by atoms with Gasteiger partial charge in [-0.15, -0.1) is 0 Å². The van der Waals surface area contributed by atoms with Crippen molar-refractivity contribution < 1.29 is 19.1 Å². The number of amides is 3. The minimum atomic E-state index is -0.849. The van der Waals surface area contributed by atoms with Crippen LogP contribution in [0.4, 0.5) is 5.69 Å². The van der Waals surface area contributed by atoms with Crippen LogP contribution in [0.15, 0.2) is 48.5 Å². The molecule has 1 aliphatic rings. The predicted octanol–water partition coefficient (Wildman–Crippen LogP) is 3.97. The van der Waals surface area contributed by atoms with E-state index in [0.29, 0.717) is 23.6 Å². The van der Waals surface area contributed by atoms with Gasteiger partial charge in [-0.05, 0) is 71.0 Å². The van der Waals surface area contributed by atoms with E-state index in [4.69, 9.17) is 4.74 Å². The summed E-state index contributed by atoms with van der Waals surface area (Å²) in [5, 5.41) is 0. The molecule has 0 saturated carbocycles. The summed E-state index contributed by atoms with van der Waals surface area (Å²) in [6.45, 7) is 9.98. The van der Waals surface area contributed by atoms with Crippen molar-refractivity contribution in [1.82, 2.24) is 4.90 Å². The van der Waals surface area contributed by atoms with Gasteiger partial charge in [0.05, 0.1) is 18.7 Å². The monoisotopic (exact) mass is 408 g/mol. The Balaban J connectivity index is 1.92. The fraction of sp³-hybridized carbons (Fsp3) is 0.375. The van der Waals surface area contributed by atoms with E-state index in [1.54, 1.807) is 36.4 Å². The molecule has 30 heavy (non-hydrogen) atoms. The van der Waals surface area contributed by atoms with E-state index in [1.165, 1.54) is 9.80 Å². The normalized spacial score (nSPS) is 16.7. The van der Waals surface area contributed by atoms with Crippen LogP contribution in [0.3, 0.4) is 0 Å².